The van der Waals surface area contributed by atoms with Crippen LogP contribution in [0.3, 0.4) is 0 Å². The number of ether oxygens (including phenoxy) is 1. The molecular formula is C18H27N5O3. The van der Waals surface area contributed by atoms with Gasteiger partial charge in [0.15, 0.2) is 0 Å². The molecule has 2 amide bonds. The molecule has 1 aromatic rings. The quantitative estimate of drug-likeness (QED) is 0.458. The van der Waals surface area contributed by atoms with E-state index in [0.29, 0.717) is 17.9 Å². The van der Waals surface area contributed by atoms with Crippen LogP contribution in [0.15, 0.2) is 39.2 Å². The Kier molecular flexibility index (Phi) is 11.7. The third kappa shape index (κ3) is 8.18. The largest absolute Gasteiger partial charge is 0.408 e. The van der Waals surface area contributed by atoms with Crippen molar-refractivity contribution >= 4 is 42.2 Å². The second kappa shape index (κ2) is 13.3. The highest BCUT2D eigenvalue weighted by Crippen LogP contribution is 2.20. The topological polar surface area (TPSA) is 110 Å². The van der Waals surface area contributed by atoms with Gasteiger partial charge in [-0.25, -0.2) is 14.6 Å². The van der Waals surface area contributed by atoms with Crippen molar-refractivity contribution in [2.75, 3.05) is 24.5 Å². The Morgan fingerprint density at radius 2 is 1.85 bits per heavy atom. The Hall–Kier alpha value is -3.03. The van der Waals surface area contributed by atoms with Crippen LogP contribution in [0.5, 0.6) is 0 Å². The first kappa shape index (κ1) is 23.0. The van der Waals surface area contributed by atoms with Gasteiger partial charge < -0.3 is 10.5 Å². The monoisotopic (exact) mass is 361 g/mol. The van der Waals surface area contributed by atoms with Gasteiger partial charge in [-0.05, 0) is 51.0 Å². The molecule has 0 aliphatic heterocycles. The average molecular weight is 361 g/mol. The summed E-state index contributed by atoms with van der Waals surface area (Å²) < 4.78 is 5.11. The number of amides is 2. The highest BCUT2D eigenvalue weighted by atomic mass is 16.5. The first-order valence-corrected chi connectivity index (χ1v) is 8.34. The highest BCUT2D eigenvalue weighted by molar-refractivity contribution is 5.93. The van der Waals surface area contributed by atoms with Crippen LogP contribution in [0.4, 0.5) is 16.2 Å². The van der Waals surface area contributed by atoms with Crippen molar-refractivity contribution in [2.24, 2.45) is 20.7 Å². The van der Waals surface area contributed by atoms with E-state index < -0.39 is 12.0 Å². The maximum absolute atomic E-state index is 11.5. The molecule has 0 atom stereocenters. The van der Waals surface area contributed by atoms with Crippen LogP contribution in [0.1, 0.15) is 27.7 Å². The van der Waals surface area contributed by atoms with Crippen LogP contribution < -0.4 is 10.6 Å². The smallest absolute Gasteiger partial charge is 0.334 e. The van der Waals surface area contributed by atoms with E-state index in [2.05, 4.69) is 21.7 Å². The minimum atomic E-state index is -0.558. The second-order valence-corrected chi connectivity index (χ2v) is 4.56. The fourth-order valence-electron chi connectivity index (χ4n) is 1.83. The van der Waals surface area contributed by atoms with E-state index >= 15 is 0 Å². The van der Waals surface area contributed by atoms with Crippen LogP contribution >= 0.6 is 0 Å². The lowest BCUT2D eigenvalue weighted by molar-refractivity contribution is -0.133. The van der Waals surface area contributed by atoms with E-state index in [9.17, 15) is 9.59 Å². The molecule has 0 spiro atoms. The van der Waals surface area contributed by atoms with Crippen LogP contribution in [-0.2, 0) is 9.53 Å². The molecule has 1 rings (SSSR count). The van der Waals surface area contributed by atoms with Crippen molar-refractivity contribution in [3.63, 3.8) is 0 Å². The number of hydrogen-bond donors (Lipinski definition) is 1. The second-order valence-electron chi connectivity index (χ2n) is 4.56. The fraction of sp³-hybridized carbons (Fsp3) is 0.389. The van der Waals surface area contributed by atoms with Crippen molar-refractivity contribution in [1.82, 2.24) is 0 Å². The number of urea groups is 1. The molecule has 0 aliphatic rings. The molecule has 0 fully saturated rings. The van der Waals surface area contributed by atoms with Gasteiger partial charge in [0.1, 0.15) is 13.1 Å². The lowest BCUT2D eigenvalue weighted by Gasteiger charge is -2.18. The van der Waals surface area contributed by atoms with Crippen LogP contribution in [0, 0.1) is 0 Å². The number of nitrogens with two attached hydrogens (primary N) is 1. The van der Waals surface area contributed by atoms with Gasteiger partial charge in [0.2, 0.25) is 5.90 Å². The number of benzene rings is 1. The average Bonchev–Trinajstić information content (AvgIpc) is 2.63. The van der Waals surface area contributed by atoms with Crippen molar-refractivity contribution in [1.29, 1.82) is 0 Å². The van der Waals surface area contributed by atoms with Crippen LogP contribution in [-0.4, -0.2) is 50.5 Å². The third-order valence-electron chi connectivity index (χ3n) is 2.88. The maximum Gasteiger partial charge on any atom is 0.334 e. The molecular weight excluding hydrogens is 334 g/mol. The summed E-state index contributed by atoms with van der Waals surface area (Å²) in [5.41, 5.74) is 6.52. The Morgan fingerprint density at radius 3 is 2.31 bits per heavy atom. The number of anilines is 1. The molecule has 0 aromatic heterocycles. The van der Waals surface area contributed by atoms with Crippen molar-refractivity contribution in [3.8, 4) is 0 Å². The standard InChI is InChI=1S/C16H21N5O3.C2H6/c1-4-19-10-14(24-15(22)11-18-3)20-12-6-8-13(9-7-12)21(5-2)16(17)23;1-2/h4,6-9H,3,5,10-11H2,1-2H3,(H2,17,23);1-2H3. The maximum atomic E-state index is 11.5. The zero-order valence-corrected chi connectivity index (χ0v) is 15.8. The first-order valence-electron chi connectivity index (χ1n) is 8.34. The number of primary amides is 1. The van der Waals surface area contributed by atoms with Gasteiger partial charge in [-0.1, -0.05) is 13.8 Å². The molecule has 0 saturated carbocycles. The number of esters is 1. The van der Waals surface area contributed by atoms with Gasteiger partial charge in [-0.2, -0.15) is 0 Å². The zero-order chi connectivity index (χ0) is 19.9. The molecule has 0 unspecified atom stereocenters. The van der Waals surface area contributed by atoms with E-state index in [1.165, 1.54) is 4.90 Å². The summed E-state index contributed by atoms with van der Waals surface area (Å²) >= 11 is 0. The van der Waals surface area contributed by atoms with Gasteiger partial charge in [0.25, 0.3) is 0 Å². The Labute approximate surface area is 154 Å². The number of carbonyl (C=O) groups excluding carboxylic acids is 2. The number of nitrogens with zero attached hydrogens (tertiary/aromatic N) is 4. The Balaban J connectivity index is 0.00000301. The summed E-state index contributed by atoms with van der Waals surface area (Å²) in [6.07, 6.45) is 1.59. The molecule has 0 saturated heterocycles. The van der Waals surface area contributed by atoms with E-state index in [1.54, 1.807) is 37.4 Å². The first-order chi connectivity index (χ1) is 12.5. The molecule has 26 heavy (non-hydrogen) atoms. The van der Waals surface area contributed by atoms with Crippen molar-refractivity contribution in [3.05, 3.63) is 24.3 Å². The van der Waals surface area contributed by atoms with E-state index in [1.807, 2.05) is 20.8 Å². The summed E-state index contributed by atoms with van der Waals surface area (Å²) in [6, 6.07) is 6.27. The van der Waals surface area contributed by atoms with Crippen LogP contribution in [0.25, 0.3) is 0 Å². The Bertz CT molecular complexity index is 639. The molecule has 142 valence electrons. The van der Waals surface area contributed by atoms with Gasteiger partial charge >= 0.3 is 12.0 Å². The molecule has 8 heteroatoms. The van der Waals surface area contributed by atoms with Gasteiger partial charge in [-0.15, -0.1) is 0 Å². The van der Waals surface area contributed by atoms with E-state index in [4.69, 9.17) is 10.5 Å². The SMILES string of the molecule is C=NCC(=O)OC(CN=CC)=Nc1ccc(N(CC)C(N)=O)cc1.CC. The summed E-state index contributed by atoms with van der Waals surface area (Å²) in [5, 5.41) is 0. The summed E-state index contributed by atoms with van der Waals surface area (Å²) in [4.78, 5) is 36.0. The number of hydrogen-bond acceptors (Lipinski definition) is 6. The normalized spacial score (nSPS) is 10.7. The highest BCUT2D eigenvalue weighted by Gasteiger charge is 2.10. The summed E-state index contributed by atoms with van der Waals surface area (Å²) in [6.45, 7) is 11.2. The molecule has 0 aliphatic carbocycles. The molecule has 1 aromatic carbocycles. The molecule has 2 N–H and O–H groups in total. The fourth-order valence-corrected chi connectivity index (χ4v) is 1.83. The number of rotatable bonds is 7. The molecule has 0 heterocycles. The predicted molar refractivity (Wildman–Crippen MR) is 107 cm³/mol. The predicted octanol–water partition coefficient (Wildman–Crippen LogP) is 2.98. The van der Waals surface area contributed by atoms with Gasteiger partial charge in [0, 0.05) is 12.2 Å². The molecule has 8 nitrogen and oxygen atoms in total. The zero-order valence-electron chi connectivity index (χ0n) is 15.8. The van der Waals surface area contributed by atoms with Crippen LogP contribution in [0.2, 0.25) is 0 Å². The number of carbonyl (C=O) groups is 2. The third-order valence-corrected chi connectivity index (χ3v) is 2.88. The number of aliphatic imine (C=N–C) groups is 3. The summed E-state index contributed by atoms with van der Waals surface area (Å²) in [7, 11) is 0. The summed E-state index contributed by atoms with van der Waals surface area (Å²) in [5.74, 6) is -0.408. The minimum Gasteiger partial charge on any atom is -0.408 e. The van der Waals surface area contributed by atoms with E-state index in [-0.39, 0.29) is 19.0 Å². The molecule has 0 bridgehead atoms. The molecule has 0 radical (unpaired) electrons. The lowest BCUT2D eigenvalue weighted by Crippen LogP contribution is -2.35. The van der Waals surface area contributed by atoms with Gasteiger partial charge in [0.05, 0.1) is 5.69 Å². The van der Waals surface area contributed by atoms with Crippen molar-refractivity contribution in [2.45, 2.75) is 27.7 Å². The Morgan fingerprint density at radius 1 is 1.23 bits per heavy atom. The minimum absolute atomic E-state index is 0.128. The lowest BCUT2D eigenvalue weighted by atomic mass is 10.2. The van der Waals surface area contributed by atoms with Gasteiger partial charge in [-0.3, -0.25) is 14.9 Å². The van der Waals surface area contributed by atoms with Crippen molar-refractivity contribution < 1.29 is 14.3 Å². The van der Waals surface area contributed by atoms with E-state index in [0.717, 1.165) is 0 Å².